The Bertz CT molecular complexity index is 3080. The molecule has 0 saturated heterocycles. The molecule has 0 fully saturated rings. The van der Waals surface area contributed by atoms with E-state index >= 15 is 0 Å². The van der Waals surface area contributed by atoms with Crippen LogP contribution in [0.5, 0.6) is 0 Å². The van der Waals surface area contributed by atoms with Gasteiger partial charge in [-0.15, -0.1) is 0 Å². The van der Waals surface area contributed by atoms with Crippen molar-refractivity contribution < 1.29 is 8.83 Å². The van der Waals surface area contributed by atoms with Gasteiger partial charge in [-0.1, -0.05) is 121 Å². The monoisotopic (exact) mass is 653 g/mol. The van der Waals surface area contributed by atoms with Crippen LogP contribution in [0.3, 0.4) is 0 Å². The normalized spacial score (nSPS) is 11.9. The van der Waals surface area contributed by atoms with Crippen molar-refractivity contribution in [2.24, 2.45) is 0 Å². The molecule has 0 aliphatic rings. The van der Waals surface area contributed by atoms with Gasteiger partial charge in [-0.2, -0.15) is 0 Å². The lowest BCUT2D eigenvalue weighted by Crippen LogP contribution is -2.03. The molecule has 4 heterocycles. The summed E-state index contributed by atoms with van der Waals surface area (Å²) in [4.78, 5) is 10.4. The highest BCUT2D eigenvalue weighted by molar-refractivity contribution is 6.27. The van der Waals surface area contributed by atoms with Crippen LogP contribution >= 0.6 is 0 Å². The Labute approximate surface area is 291 Å². The fourth-order valence-corrected chi connectivity index (χ4v) is 7.71. The van der Waals surface area contributed by atoms with Crippen LogP contribution in [0.4, 0.5) is 0 Å². The van der Waals surface area contributed by atoms with Crippen LogP contribution in [0, 0.1) is 0 Å². The molecule has 0 bridgehead atoms. The van der Waals surface area contributed by atoms with E-state index in [1.165, 1.54) is 0 Å². The Morgan fingerprint density at radius 2 is 1.06 bits per heavy atom. The third-order valence-electron chi connectivity index (χ3n) is 10.0. The summed E-state index contributed by atoms with van der Waals surface area (Å²) in [6.07, 6.45) is 0. The lowest BCUT2D eigenvalue weighted by molar-refractivity contribution is 0.669. The molecule has 7 aromatic carbocycles. The van der Waals surface area contributed by atoms with Gasteiger partial charge in [0.1, 0.15) is 28.1 Å². The van der Waals surface area contributed by atoms with Crippen molar-refractivity contribution in [3.8, 4) is 39.6 Å². The largest absolute Gasteiger partial charge is 0.456 e. The molecule has 0 saturated carbocycles. The van der Waals surface area contributed by atoms with E-state index in [4.69, 9.17) is 18.8 Å². The van der Waals surface area contributed by atoms with Gasteiger partial charge in [-0.05, 0) is 42.0 Å². The van der Waals surface area contributed by atoms with Crippen LogP contribution in [0.2, 0.25) is 0 Å². The first-order valence-corrected chi connectivity index (χ1v) is 17.1. The Kier molecular flexibility index (Phi) is 5.89. The zero-order chi connectivity index (χ0) is 33.5. The molecule has 11 rings (SSSR count). The maximum atomic E-state index is 6.75. The van der Waals surface area contributed by atoms with Gasteiger partial charge in [0.15, 0.2) is 5.82 Å². The molecule has 0 aliphatic heterocycles. The first-order chi connectivity index (χ1) is 25.3. The number of rotatable bonds is 4. The summed E-state index contributed by atoms with van der Waals surface area (Å²) in [5.41, 5.74) is 10.5. The first kappa shape index (κ1) is 27.9. The van der Waals surface area contributed by atoms with Gasteiger partial charge in [0.25, 0.3) is 0 Å². The van der Waals surface area contributed by atoms with Crippen LogP contribution in [0.25, 0.3) is 105 Å². The summed E-state index contributed by atoms with van der Waals surface area (Å²) in [7, 11) is 0. The topological polar surface area (TPSA) is 57.0 Å². The van der Waals surface area contributed by atoms with Crippen molar-refractivity contribution in [3.63, 3.8) is 0 Å². The SMILES string of the molecule is c1ccc(-c2cc(-n3c4ccccc4c4c5oc6ccccc6c5cc(-c5ccc6oc7ccccc7c6c5)c43)nc(-c3ccccc3)n2)cc1. The summed E-state index contributed by atoms with van der Waals surface area (Å²) >= 11 is 0. The van der Waals surface area contributed by atoms with Crippen LogP contribution in [-0.4, -0.2) is 14.5 Å². The van der Waals surface area contributed by atoms with Gasteiger partial charge in [-0.3, -0.25) is 4.57 Å². The molecule has 0 unspecified atom stereocenters. The number of fused-ring (bicyclic) bond motifs is 10. The van der Waals surface area contributed by atoms with Crippen molar-refractivity contribution in [1.29, 1.82) is 0 Å². The molecule has 4 aromatic heterocycles. The van der Waals surface area contributed by atoms with Crippen molar-refractivity contribution in [2.75, 3.05) is 0 Å². The van der Waals surface area contributed by atoms with Crippen LogP contribution in [-0.2, 0) is 0 Å². The Balaban J connectivity index is 1.31. The number of nitrogens with zero attached hydrogens (tertiary/aromatic N) is 3. The molecule has 0 aliphatic carbocycles. The quantitative estimate of drug-likeness (QED) is 0.190. The fraction of sp³-hybridized carbons (Fsp3) is 0. The van der Waals surface area contributed by atoms with Gasteiger partial charge in [0, 0.05) is 49.7 Å². The molecular weight excluding hydrogens is 627 g/mol. The van der Waals surface area contributed by atoms with Gasteiger partial charge in [0.2, 0.25) is 0 Å². The van der Waals surface area contributed by atoms with Crippen molar-refractivity contribution in [2.45, 2.75) is 0 Å². The summed E-state index contributed by atoms with van der Waals surface area (Å²) < 4.78 is 15.3. The molecular formula is C46H27N3O2. The maximum absolute atomic E-state index is 6.75. The molecule has 51 heavy (non-hydrogen) atoms. The highest BCUT2D eigenvalue weighted by Gasteiger charge is 2.24. The minimum Gasteiger partial charge on any atom is -0.456 e. The van der Waals surface area contributed by atoms with Crippen LogP contribution in [0.15, 0.2) is 173 Å². The number of hydrogen-bond acceptors (Lipinski definition) is 4. The summed E-state index contributed by atoms with van der Waals surface area (Å²) in [6, 6.07) is 56.5. The Hall–Kier alpha value is -6.98. The predicted octanol–water partition coefficient (Wildman–Crippen LogP) is 12.4. The molecule has 5 nitrogen and oxygen atoms in total. The molecule has 238 valence electrons. The van der Waals surface area contributed by atoms with E-state index in [2.05, 4.69) is 108 Å². The Morgan fingerprint density at radius 1 is 0.431 bits per heavy atom. The minimum absolute atomic E-state index is 0.663. The van der Waals surface area contributed by atoms with Crippen LogP contribution < -0.4 is 0 Å². The van der Waals surface area contributed by atoms with Crippen molar-refractivity contribution >= 4 is 65.7 Å². The molecule has 5 heteroatoms. The predicted molar refractivity (Wildman–Crippen MR) is 207 cm³/mol. The third kappa shape index (κ3) is 4.22. The van der Waals surface area contributed by atoms with Gasteiger partial charge in [0.05, 0.1) is 22.1 Å². The number of para-hydroxylation sites is 3. The molecule has 0 atom stereocenters. The molecule has 0 radical (unpaired) electrons. The third-order valence-corrected chi connectivity index (χ3v) is 10.0. The maximum Gasteiger partial charge on any atom is 0.162 e. The highest BCUT2D eigenvalue weighted by atomic mass is 16.3. The average molecular weight is 654 g/mol. The van der Waals surface area contributed by atoms with E-state index in [1.807, 2.05) is 60.7 Å². The van der Waals surface area contributed by atoms with Gasteiger partial charge >= 0.3 is 0 Å². The molecule has 0 spiro atoms. The van der Waals surface area contributed by atoms with E-state index in [9.17, 15) is 0 Å². The number of aromatic nitrogens is 3. The van der Waals surface area contributed by atoms with Crippen molar-refractivity contribution in [3.05, 3.63) is 164 Å². The minimum atomic E-state index is 0.663. The summed E-state index contributed by atoms with van der Waals surface area (Å²) in [5, 5.41) is 6.47. The zero-order valence-electron chi connectivity index (χ0n) is 27.2. The molecule has 0 N–H and O–H groups in total. The summed E-state index contributed by atoms with van der Waals surface area (Å²) in [5.74, 6) is 1.44. The number of hydrogen-bond donors (Lipinski definition) is 0. The average Bonchev–Trinajstić information content (AvgIpc) is 3.87. The smallest absolute Gasteiger partial charge is 0.162 e. The lowest BCUT2D eigenvalue weighted by Gasteiger charge is -2.14. The van der Waals surface area contributed by atoms with Gasteiger partial charge < -0.3 is 8.83 Å². The number of furan rings is 2. The van der Waals surface area contributed by atoms with E-state index in [1.54, 1.807) is 0 Å². The summed E-state index contributed by atoms with van der Waals surface area (Å²) in [6.45, 7) is 0. The van der Waals surface area contributed by atoms with E-state index < -0.39 is 0 Å². The lowest BCUT2D eigenvalue weighted by atomic mass is 9.97. The number of benzene rings is 7. The molecule has 0 amide bonds. The van der Waals surface area contributed by atoms with Crippen molar-refractivity contribution in [1.82, 2.24) is 14.5 Å². The van der Waals surface area contributed by atoms with E-state index in [0.717, 1.165) is 99.4 Å². The zero-order valence-corrected chi connectivity index (χ0v) is 27.2. The second-order valence-corrected chi connectivity index (χ2v) is 13.0. The Morgan fingerprint density at radius 3 is 1.84 bits per heavy atom. The highest BCUT2D eigenvalue weighted by Crippen LogP contribution is 2.46. The second kappa shape index (κ2) is 10.8. The van der Waals surface area contributed by atoms with Crippen LogP contribution in [0.1, 0.15) is 0 Å². The second-order valence-electron chi connectivity index (χ2n) is 13.0. The van der Waals surface area contributed by atoms with E-state index in [0.29, 0.717) is 5.82 Å². The standard InChI is InChI=1S/C46H27N3O2/c1-3-13-28(14-4-1)37-27-42(48-46(47-37)29-15-5-2-6-16-29)49-38-20-10-7-19-33(38)43-44(49)34(26-36-32-18-9-12-22-40(32)51-45(36)43)30-23-24-41-35(25-30)31-17-8-11-21-39(31)50-41/h1-27H. The first-order valence-electron chi connectivity index (χ1n) is 17.1. The van der Waals surface area contributed by atoms with Gasteiger partial charge in [-0.25, -0.2) is 9.97 Å². The molecule has 11 aromatic rings. The fourth-order valence-electron chi connectivity index (χ4n) is 7.71. The van der Waals surface area contributed by atoms with E-state index in [-0.39, 0.29) is 0 Å².